The zero-order chi connectivity index (χ0) is 22.7. The van der Waals surface area contributed by atoms with Crippen molar-refractivity contribution in [3.63, 3.8) is 0 Å². The van der Waals surface area contributed by atoms with Gasteiger partial charge in [-0.15, -0.1) is 0 Å². The van der Waals surface area contributed by atoms with E-state index < -0.39 is 18.8 Å². The zero-order valence-electron chi connectivity index (χ0n) is 17.4. The largest absolute Gasteiger partial charge is 0.496 e. The van der Waals surface area contributed by atoms with Crippen LogP contribution in [0.1, 0.15) is 24.4 Å². The van der Waals surface area contributed by atoms with Gasteiger partial charge >= 0.3 is 6.09 Å². The first-order chi connectivity index (χ1) is 15.5. The number of aliphatic hydroxyl groups excluding tert-OH is 2. The Balaban J connectivity index is 1.59. The number of hydrogen-bond donors (Lipinski definition) is 3. The van der Waals surface area contributed by atoms with Crippen molar-refractivity contribution in [3.8, 4) is 11.5 Å². The van der Waals surface area contributed by atoms with Crippen LogP contribution < -0.4 is 19.7 Å². The molecular weight excluding hydrogens is 421 g/mol. The van der Waals surface area contributed by atoms with Gasteiger partial charge in [-0.1, -0.05) is 0 Å². The van der Waals surface area contributed by atoms with Crippen LogP contribution in [-0.4, -0.2) is 63.8 Å². The maximum atomic E-state index is 14.0. The van der Waals surface area contributed by atoms with Crippen molar-refractivity contribution in [2.45, 2.75) is 25.0 Å². The summed E-state index contributed by atoms with van der Waals surface area (Å²) in [4.78, 5) is 18.7. The van der Waals surface area contributed by atoms with Crippen LogP contribution in [0.25, 0.3) is 5.65 Å². The number of amides is 1. The molecule has 32 heavy (non-hydrogen) atoms. The highest BCUT2D eigenvalue weighted by atomic mass is 19.1. The molecular formula is C21H24FN5O5. The summed E-state index contributed by atoms with van der Waals surface area (Å²) in [5.41, 5.74) is 1.08. The molecule has 3 aromatic rings. The van der Waals surface area contributed by atoms with Gasteiger partial charge in [0.2, 0.25) is 5.65 Å². The van der Waals surface area contributed by atoms with Crippen molar-refractivity contribution in [1.82, 2.24) is 19.9 Å². The van der Waals surface area contributed by atoms with Gasteiger partial charge in [-0.05, 0) is 37.1 Å². The van der Waals surface area contributed by atoms with Crippen LogP contribution in [0.4, 0.5) is 15.0 Å². The Morgan fingerprint density at radius 3 is 3.00 bits per heavy atom. The third-order valence-corrected chi connectivity index (χ3v) is 5.32. The summed E-state index contributed by atoms with van der Waals surface area (Å²) < 4.78 is 26.1. The maximum Gasteiger partial charge on any atom is 0.412 e. The number of carbonyl (C=O) groups is 1. The highest BCUT2D eigenvalue weighted by molar-refractivity contribution is 5.73. The summed E-state index contributed by atoms with van der Waals surface area (Å²) in [7, 11) is 1.56. The number of anilines is 1. The van der Waals surface area contributed by atoms with Crippen molar-refractivity contribution in [3.05, 3.63) is 48.0 Å². The first kappa shape index (κ1) is 21.8. The monoisotopic (exact) mass is 445 g/mol. The van der Waals surface area contributed by atoms with E-state index in [1.54, 1.807) is 25.4 Å². The van der Waals surface area contributed by atoms with Crippen LogP contribution in [0.3, 0.4) is 0 Å². The molecule has 3 heterocycles. The molecule has 0 radical (unpaired) electrons. The average Bonchev–Trinajstić information content (AvgIpc) is 3.44. The van der Waals surface area contributed by atoms with E-state index in [4.69, 9.17) is 14.6 Å². The highest BCUT2D eigenvalue weighted by Crippen LogP contribution is 2.39. The molecule has 1 saturated heterocycles. The minimum absolute atomic E-state index is 0.119. The molecule has 2 aromatic heterocycles. The molecule has 0 spiro atoms. The Labute approximate surface area is 183 Å². The van der Waals surface area contributed by atoms with Crippen LogP contribution in [0.2, 0.25) is 0 Å². The summed E-state index contributed by atoms with van der Waals surface area (Å²) in [5, 5.41) is 24.7. The Kier molecular flexibility index (Phi) is 6.37. The number of aromatic nitrogens is 3. The number of halogens is 1. The van der Waals surface area contributed by atoms with E-state index in [0.717, 1.165) is 24.9 Å². The van der Waals surface area contributed by atoms with Gasteiger partial charge in [0.15, 0.2) is 5.75 Å². The van der Waals surface area contributed by atoms with Crippen LogP contribution in [0.5, 0.6) is 11.5 Å². The lowest BCUT2D eigenvalue weighted by molar-refractivity contribution is 0.0937. The Morgan fingerprint density at radius 2 is 2.22 bits per heavy atom. The third-order valence-electron chi connectivity index (χ3n) is 5.32. The van der Waals surface area contributed by atoms with Crippen LogP contribution in [-0.2, 0) is 0 Å². The topological polar surface area (TPSA) is 121 Å². The lowest BCUT2D eigenvalue weighted by Crippen LogP contribution is -2.35. The second kappa shape index (κ2) is 9.37. The number of carbonyl (C=O) groups excluding carboxylic acids is 1. The Hall–Kier alpha value is -3.44. The third kappa shape index (κ3) is 4.43. The van der Waals surface area contributed by atoms with Gasteiger partial charge in [0.25, 0.3) is 0 Å². The molecule has 1 amide bonds. The first-order valence-corrected chi connectivity index (χ1v) is 10.2. The Morgan fingerprint density at radius 1 is 1.38 bits per heavy atom. The fourth-order valence-corrected chi connectivity index (χ4v) is 3.80. The fraction of sp³-hybridized carbons (Fsp3) is 0.381. The number of benzene rings is 1. The smallest absolute Gasteiger partial charge is 0.412 e. The van der Waals surface area contributed by atoms with Gasteiger partial charge in [-0.3, -0.25) is 0 Å². The second-order valence-electron chi connectivity index (χ2n) is 7.41. The van der Waals surface area contributed by atoms with E-state index in [0.29, 0.717) is 17.2 Å². The van der Waals surface area contributed by atoms with Gasteiger partial charge in [-0.25, -0.2) is 18.7 Å². The van der Waals surface area contributed by atoms with E-state index >= 15 is 0 Å². The van der Waals surface area contributed by atoms with Gasteiger partial charge in [-0.2, -0.15) is 5.10 Å². The second-order valence-corrected chi connectivity index (χ2v) is 7.41. The summed E-state index contributed by atoms with van der Waals surface area (Å²) in [6.07, 6.45) is 2.90. The standard InChI is InChI=1S/C21H24FN5O5/c1-31-17-5-4-13(22)9-15(17)16-3-2-7-26(16)19-6-8-27-20(25-19)18(11-24-27)32-21(30)23-10-14(29)12-28/h4-6,8-9,11,14,16,28-29H,2-3,7,10,12H2,1H3,(H,23,30)/t14-,16-/m1/s1. The van der Waals surface area contributed by atoms with Crippen LogP contribution >= 0.6 is 0 Å². The molecule has 2 atom stereocenters. The quantitative estimate of drug-likeness (QED) is 0.502. The summed E-state index contributed by atoms with van der Waals surface area (Å²) in [6.45, 7) is 0.0878. The van der Waals surface area contributed by atoms with Gasteiger partial charge in [0, 0.05) is 24.8 Å². The molecule has 0 bridgehead atoms. The molecule has 0 unspecified atom stereocenters. The number of rotatable bonds is 7. The normalized spacial score (nSPS) is 16.9. The Bertz CT molecular complexity index is 1110. The van der Waals surface area contributed by atoms with E-state index in [1.165, 1.54) is 22.8 Å². The molecule has 1 fully saturated rings. The summed E-state index contributed by atoms with van der Waals surface area (Å²) in [6, 6.07) is 6.15. The predicted molar refractivity (Wildman–Crippen MR) is 112 cm³/mol. The number of nitrogens with zero attached hydrogens (tertiary/aromatic N) is 4. The zero-order valence-corrected chi connectivity index (χ0v) is 17.4. The molecule has 170 valence electrons. The fourth-order valence-electron chi connectivity index (χ4n) is 3.80. The predicted octanol–water partition coefficient (Wildman–Crippen LogP) is 1.66. The molecule has 1 aliphatic rings. The number of hydrogen-bond acceptors (Lipinski definition) is 8. The molecule has 4 rings (SSSR count). The number of nitrogens with one attached hydrogen (secondary N) is 1. The van der Waals surface area contributed by atoms with Crippen LogP contribution in [0.15, 0.2) is 36.7 Å². The average molecular weight is 445 g/mol. The highest BCUT2D eigenvalue weighted by Gasteiger charge is 2.30. The maximum absolute atomic E-state index is 14.0. The minimum atomic E-state index is -1.08. The van der Waals surface area contributed by atoms with E-state index in [-0.39, 0.29) is 24.2 Å². The molecule has 10 nitrogen and oxygen atoms in total. The van der Waals surface area contributed by atoms with Gasteiger partial charge in [0.05, 0.1) is 32.1 Å². The van der Waals surface area contributed by atoms with E-state index in [1.807, 2.05) is 0 Å². The SMILES string of the molecule is COc1ccc(F)cc1[C@H]1CCCN1c1ccn2ncc(OC(=O)NC[C@@H](O)CO)c2n1. The van der Waals surface area contributed by atoms with Crippen LogP contribution in [0, 0.1) is 5.82 Å². The number of ether oxygens (including phenoxy) is 2. The van der Waals surface area contributed by atoms with Crippen molar-refractivity contribution < 1.29 is 28.9 Å². The van der Waals surface area contributed by atoms with Crippen molar-refractivity contribution in [2.24, 2.45) is 0 Å². The molecule has 0 aliphatic carbocycles. The lowest BCUT2D eigenvalue weighted by Gasteiger charge is -2.27. The van der Waals surface area contributed by atoms with Crippen molar-refractivity contribution >= 4 is 17.6 Å². The molecule has 1 aliphatic heterocycles. The molecule has 0 saturated carbocycles. The van der Waals surface area contributed by atoms with Crippen molar-refractivity contribution in [2.75, 3.05) is 31.7 Å². The number of fused-ring (bicyclic) bond motifs is 1. The summed E-state index contributed by atoms with van der Waals surface area (Å²) in [5.74, 6) is 1.05. The molecule has 1 aromatic carbocycles. The molecule has 11 heteroatoms. The number of methoxy groups -OCH3 is 1. The number of aliphatic hydroxyl groups is 2. The van der Waals surface area contributed by atoms with Gasteiger partial charge in [0.1, 0.15) is 17.4 Å². The van der Waals surface area contributed by atoms with Crippen molar-refractivity contribution in [1.29, 1.82) is 0 Å². The minimum Gasteiger partial charge on any atom is -0.496 e. The molecule has 3 N–H and O–H groups in total. The lowest BCUT2D eigenvalue weighted by atomic mass is 10.0. The van der Waals surface area contributed by atoms with E-state index in [2.05, 4.69) is 20.3 Å². The van der Waals surface area contributed by atoms with Gasteiger partial charge < -0.3 is 29.9 Å². The summed E-state index contributed by atoms with van der Waals surface area (Å²) >= 11 is 0. The van der Waals surface area contributed by atoms with E-state index in [9.17, 15) is 14.3 Å². The first-order valence-electron chi connectivity index (χ1n) is 10.2.